The summed E-state index contributed by atoms with van der Waals surface area (Å²) in [6, 6.07) is -4.92. The van der Waals surface area contributed by atoms with Gasteiger partial charge in [-0.25, -0.2) is 9.59 Å². The number of nitrogens with zero attached hydrogens (tertiary/aromatic N) is 2. The van der Waals surface area contributed by atoms with Crippen LogP contribution in [0.3, 0.4) is 0 Å². The molecule has 0 aliphatic heterocycles. The van der Waals surface area contributed by atoms with Crippen molar-refractivity contribution in [3.63, 3.8) is 0 Å². The molecule has 1 aromatic heterocycles. The minimum Gasteiger partial charge on any atom is -0.479 e. The number of aliphatic carboxylic acids is 1. The first-order valence-electron chi connectivity index (χ1n) is 7.29. The van der Waals surface area contributed by atoms with Gasteiger partial charge in [-0.1, -0.05) is 0 Å². The van der Waals surface area contributed by atoms with Crippen LogP contribution in [0.25, 0.3) is 0 Å². The molecule has 2 amide bonds. The first-order valence-corrected chi connectivity index (χ1v) is 7.29. The maximum atomic E-state index is 11.9. The van der Waals surface area contributed by atoms with Crippen LogP contribution in [0.2, 0.25) is 0 Å². The third-order valence-electron chi connectivity index (χ3n) is 3.23. The molecule has 5 atom stereocenters. The summed E-state index contributed by atoms with van der Waals surface area (Å²) in [5.74, 6) is -2.62. The predicted molar refractivity (Wildman–Crippen MR) is 81.1 cm³/mol. The smallest absolute Gasteiger partial charge is 0.334 e. The van der Waals surface area contributed by atoms with Crippen LogP contribution in [0.5, 0.6) is 0 Å². The van der Waals surface area contributed by atoms with Crippen molar-refractivity contribution < 1.29 is 34.1 Å². The molecule has 7 N–H and O–H groups in total. The number of ketones is 1. The molecule has 0 spiro atoms. The number of carboxylic acids is 1. The van der Waals surface area contributed by atoms with Gasteiger partial charge in [-0.15, -0.1) is 10.2 Å². The average molecular weight is 359 g/mol. The summed E-state index contributed by atoms with van der Waals surface area (Å²) in [6.45, 7) is 3.75. The van der Waals surface area contributed by atoms with Crippen molar-refractivity contribution >= 4 is 17.8 Å². The van der Waals surface area contributed by atoms with Crippen molar-refractivity contribution in [3.05, 3.63) is 11.8 Å². The van der Waals surface area contributed by atoms with Gasteiger partial charge in [0.05, 0.1) is 12.2 Å². The summed E-state index contributed by atoms with van der Waals surface area (Å²) in [7, 11) is 0. The fraction of sp³-hybridized carbons (Fsp3) is 0.615. The minimum atomic E-state index is -1.74. The number of Topliss-reactive ketones (excluding diaryl/α,β-unsaturated/α-hetero) is 1. The minimum absolute atomic E-state index is 0.106. The van der Waals surface area contributed by atoms with E-state index in [-0.39, 0.29) is 11.8 Å². The molecule has 1 heterocycles. The van der Waals surface area contributed by atoms with E-state index in [2.05, 4.69) is 15.5 Å². The van der Waals surface area contributed by atoms with Gasteiger partial charge >= 0.3 is 12.0 Å². The maximum Gasteiger partial charge on any atom is 0.334 e. The van der Waals surface area contributed by atoms with E-state index < -0.39 is 48.1 Å². The van der Waals surface area contributed by atoms with Gasteiger partial charge < -0.3 is 36.1 Å². The molecule has 0 fully saturated rings. The van der Waals surface area contributed by atoms with Gasteiger partial charge in [0.1, 0.15) is 12.1 Å². The Bertz CT molecular complexity index is 616. The molecule has 0 radical (unpaired) electrons. The number of carbonyl (C=O) groups is 3. The Labute approximate surface area is 142 Å². The van der Waals surface area contributed by atoms with Crippen LogP contribution in [0.15, 0.2) is 4.42 Å². The third-order valence-corrected chi connectivity index (χ3v) is 3.23. The first kappa shape index (κ1) is 20.5. The molecule has 0 aliphatic rings. The Morgan fingerprint density at radius 1 is 1.08 bits per heavy atom. The second-order valence-corrected chi connectivity index (χ2v) is 5.46. The summed E-state index contributed by atoms with van der Waals surface area (Å²) in [6.07, 6.45) is -2.16. The molecule has 0 saturated carbocycles. The van der Waals surface area contributed by atoms with Gasteiger partial charge in [-0.2, -0.15) is 0 Å². The first-order chi connectivity index (χ1) is 11.5. The Morgan fingerprint density at radius 2 is 1.64 bits per heavy atom. The number of carboxylic acid groups (broad SMARTS) is 1. The number of nitrogens with one attached hydrogen (secondary N) is 2. The summed E-state index contributed by atoms with van der Waals surface area (Å²) >= 11 is 0. The molecular weight excluding hydrogens is 338 g/mol. The lowest BCUT2D eigenvalue weighted by molar-refractivity contribution is -0.142. The van der Waals surface area contributed by atoms with Crippen LogP contribution in [0, 0.1) is 0 Å². The molecule has 2 unspecified atom stereocenters. The fourth-order valence-electron chi connectivity index (χ4n) is 1.75. The van der Waals surface area contributed by atoms with Crippen molar-refractivity contribution in [2.45, 2.75) is 51.1 Å². The maximum absolute atomic E-state index is 11.9. The highest BCUT2D eigenvalue weighted by molar-refractivity contribution is 6.03. The number of amides is 2. The van der Waals surface area contributed by atoms with Crippen LogP contribution >= 0.6 is 0 Å². The molecule has 25 heavy (non-hydrogen) atoms. The average Bonchev–Trinajstić information content (AvgIpc) is 2.97. The zero-order valence-corrected chi connectivity index (χ0v) is 13.8. The molecule has 1 aromatic rings. The lowest BCUT2D eigenvalue weighted by Crippen LogP contribution is -2.51. The molecule has 0 saturated heterocycles. The number of aromatic nitrogens is 2. The second-order valence-electron chi connectivity index (χ2n) is 5.46. The van der Waals surface area contributed by atoms with Crippen LogP contribution < -0.4 is 16.4 Å². The molecule has 12 heteroatoms. The predicted octanol–water partition coefficient (Wildman–Crippen LogP) is -1.79. The number of aliphatic hydroxyl groups excluding tert-OH is 2. The quantitative estimate of drug-likeness (QED) is 0.288. The number of rotatable bonds is 8. The Hall–Kier alpha value is -2.57. The highest BCUT2D eigenvalue weighted by Crippen LogP contribution is 2.19. The van der Waals surface area contributed by atoms with Crippen LogP contribution in [-0.2, 0) is 9.59 Å². The Morgan fingerprint density at radius 3 is 2.08 bits per heavy atom. The number of urea groups is 1. The van der Waals surface area contributed by atoms with E-state index in [9.17, 15) is 24.6 Å². The van der Waals surface area contributed by atoms with E-state index in [0.717, 1.165) is 6.92 Å². The largest absolute Gasteiger partial charge is 0.479 e. The number of hydrogen-bond acceptors (Lipinski definition) is 9. The van der Waals surface area contributed by atoms with E-state index in [1.165, 1.54) is 13.8 Å². The zero-order chi connectivity index (χ0) is 19.3. The van der Waals surface area contributed by atoms with E-state index in [1.54, 1.807) is 0 Å². The van der Waals surface area contributed by atoms with Crippen molar-refractivity contribution in [1.29, 1.82) is 0 Å². The monoisotopic (exact) mass is 359 g/mol. The molecular formula is C13H21N5O7. The zero-order valence-electron chi connectivity index (χ0n) is 13.8. The van der Waals surface area contributed by atoms with Crippen LogP contribution in [0.1, 0.15) is 44.6 Å². The summed E-state index contributed by atoms with van der Waals surface area (Å²) in [5.41, 5.74) is 5.65. The van der Waals surface area contributed by atoms with Gasteiger partial charge in [0.25, 0.3) is 0 Å². The molecule has 12 nitrogen and oxygen atoms in total. The standard InChI is InChI=1S/C13H21N5O7/c1-4(19)7(14)10-17-18-11(25-10)8(5(2)20)15-13(24)16-9(6(3)21)12(22)23/h4-5,7-9,19-20H,14H2,1-3H3,(H,22,23)(H2,15,16,24)/t4?,5?,7-,8-,9-/m0/s1. The SMILES string of the molecule is CC(=O)[C@H](NC(=O)N[C@H](c1nnc([C@@H](N)C(C)O)o1)C(C)O)C(=O)O. The van der Waals surface area contributed by atoms with Crippen LogP contribution in [-0.4, -0.2) is 61.6 Å². The van der Waals surface area contributed by atoms with E-state index >= 15 is 0 Å². The van der Waals surface area contributed by atoms with Gasteiger partial charge in [0.15, 0.2) is 11.8 Å². The summed E-state index contributed by atoms with van der Waals surface area (Å²) < 4.78 is 5.24. The van der Waals surface area contributed by atoms with Gasteiger partial charge in [-0.3, -0.25) is 4.79 Å². The fourth-order valence-corrected chi connectivity index (χ4v) is 1.75. The number of nitrogens with two attached hydrogens (primary N) is 1. The van der Waals surface area contributed by atoms with Gasteiger partial charge in [-0.05, 0) is 20.8 Å². The number of carbonyl (C=O) groups excluding carboxylic acids is 2. The number of aliphatic hydroxyl groups is 2. The van der Waals surface area contributed by atoms with E-state index in [0.29, 0.717) is 0 Å². The topological polar surface area (TPSA) is 201 Å². The second kappa shape index (κ2) is 8.50. The number of hydrogen-bond donors (Lipinski definition) is 6. The third kappa shape index (κ3) is 5.48. The van der Waals surface area contributed by atoms with E-state index in [4.69, 9.17) is 15.3 Å². The molecule has 0 aromatic carbocycles. The highest BCUT2D eigenvalue weighted by atomic mass is 16.4. The van der Waals surface area contributed by atoms with Crippen molar-refractivity contribution in [1.82, 2.24) is 20.8 Å². The Balaban J connectivity index is 2.89. The molecule has 0 bridgehead atoms. The van der Waals surface area contributed by atoms with Gasteiger partial charge in [0.2, 0.25) is 11.8 Å². The summed E-state index contributed by atoms with van der Waals surface area (Å²) in [5, 5.41) is 39.6. The summed E-state index contributed by atoms with van der Waals surface area (Å²) in [4.78, 5) is 34.0. The lowest BCUT2D eigenvalue weighted by Gasteiger charge is -2.19. The normalized spacial score (nSPS) is 17.0. The molecule has 0 aliphatic carbocycles. The van der Waals surface area contributed by atoms with Gasteiger partial charge in [0, 0.05) is 0 Å². The van der Waals surface area contributed by atoms with Crippen molar-refractivity contribution in [2.24, 2.45) is 5.73 Å². The van der Waals surface area contributed by atoms with E-state index in [1.807, 2.05) is 5.32 Å². The van der Waals surface area contributed by atoms with Crippen molar-refractivity contribution in [2.75, 3.05) is 0 Å². The highest BCUT2D eigenvalue weighted by Gasteiger charge is 2.30. The lowest BCUT2D eigenvalue weighted by atomic mass is 10.2. The Kier molecular flexibility index (Phi) is 6.97. The molecule has 140 valence electrons. The van der Waals surface area contributed by atoms with Crippen LogP contribution in [0.4, 0.5) is 4.79 Å². The molecule has 1 rings (SSSR count). The van der Waals surface area contributed by atoms with Crippen molar-refractivity contribution in [3.8, 4) is 0 Å².